The Hall–Kier alpha value is -2.28. The monoisotopic (exact) mass is 246 g/mol. The van der Waals surface area contributed by atoms with Crippen LogP contribution in [0.25, 0.3) is 5.82 Å². The van der Waals surface area contributed by atoms with E-state index in [9.17, 15) is 4.79 Å². The summed E-state index contributed by atoms with van der Waals surface area (Å²) in [6.07, 6.45) is 4.55. The van der Waals surface area contributed by atoms with Crippen molar-refractivity contribution in [3.8, 4) is 5.82 Å². The first-order chi connectivity index (χ1) is 8.72. The summed E-state index contributed by atoms with van der Waals surface area (Å²) < 4.78 is 1.49. The molecule has 2 rings (SSSR count). The van der Waals surface area contributed by atoms with Gasteiger partial charge in [0.1, 0.15) is 12.7 Å². The number of nitrogens with zero attached hydrogens (tertiary/aromatic N) is 4. The zero-order valence-electron chi connectivity index (χ0n) is 9.95. The molecule has 0 spiro atoms. The lowest BCUT2D eigenvalue weighted by molar-refractivity contribution is -0.119. The van der Waals surface area contributed by atoms with Crippen molar-refractivity contribution in [3.63, 3.8) is 0 Å². The number of anilines is 1. The largest absolute Gasteiger partial charge is 0.330 e. The molecule has 94 valence electrons. The highest BCUT2D eigenvalue weighted by Gasteiger charge is 2.14. The van der Waals surface area contributed by atoms with Crippen molar-refractivity contribution in [2.45, 2.75) is 6.92 Å². The maximum atomic E-state index is 11.8. The van der Waals surface area contributed by atoms with E-state index in [-0.39, 0.29) is 11.8 Å². The number of carbonyl (C=O) groups excluding carboxylic acids is 1. The van der Waals surface area contributed by atoms with Gasteiger partial charge >= 0.3 is 0 Å². The van der Waals surface area contributed by atoms with Gasteiger partial charge in [0.15, 0.2) is 5.82 Å². The highest BCUT2D eigenvalue weighted by atomic mass is 16.1. The van der Waals surface area contributed by atoms with Crippen LogP contribution in [0.5, 0.6) is 0 Å². The molecule has 1 amide bonds. The standard InChI is InChI=1S/C11H14N6O/c1-8(5-12)11(18)16-9-3-2-4-14-10(9)17-7-13-6-15-17/h2-4,6-8H,5,12H2,1H3,(H,16,18). The van der Waals surface area contributed by atoms with Gasteiger partial charge < -0.3 is 11.1 Å². The van der Waals surface area contributed by atoms with Gasteiger partial charge in [0.2, 0.25) is 5.91 Å². The molecule has 0 fully saturated rings. The van der Waals surface area contributed by atoms with Crippen LogP contribution in [0.1, 0.15) is 6.92 Å². The first-order valence-corrected chi connectivity index (χ1v) is 5.53. The van der Waals surface area contributed by atoms with Crippen LogP contribution in [0, 0.1) is 5.92 Å². The van der Waals surface area contributed by atoms with Crippen LogP contribution in [0.15, 0.2) is 31.0 Å². The number of carbonyl (C=O) groups is 1. The fraction of sp³-hybridized carbons (Fsp3) is 0.273. The van der Waals surface area contributed by atoms with Crippen molar-refractivity contribution >= 4 is 11.6 Å². The lowest BCUT2D eigenvalue weighted by Gasteiger charge is -2.12. The predicted molar refractivity (Wildman–Crippen MR) is 66.0 cm³/mol. The Labute approximate surface area is 104 Å². The van der Waals surface area contributed by atoms with Gasteiger partial charge in [-0.2, -0.15) is 5.10 Å². The fourth-order valence-electron chi connectivity index (χ4n) is 1.36. The molecule has 0 saturated heterocycles. The third-order valence-electron chi connectivity index (χ3n) is 2.48. The number of rotatable bonds is 4. The van der Waals surface area contributed by atoms with Gasteiger partial charge in [-0.25, -0.2) is 14.6 Å². The Morgan fingerprint density at radius 3 is 3.11 bits per heavy atom. The molecule has 18 heavy (non-hydrogen) atoms. The van der Waals surface area contributed by atoms with E-state index in [0.29, 0.717) is 18.1 Å². The molecule has 0 aliphatic carbocycles. The van der Waals surface area contributed by atoms with E-state index in [1.54, 1.807) is 25.3 Å². The van der Waals surface area contributed by atoms with E-state index in [0.717, 1.165) is 0 Å². The average molecular weight is 246 g/mol. The molecular weight excluding hydrogens is 232 g/mol. The molecule has 2 heterocycles. The Bertz CT molecular complexity index is 524. The SMILES string of the molecule is CC(CN)C(=O)Nc1cccnc1-n1cncn1. The first kappa shape index (κ1) is 12.2. The van der Waals surface area contributed by atoms with Crippen LogP contribution in [0.2, 0.25) is 0 Å². The van der Waals surface area contributed by atoms with Gasteiger partial charge in [-0.15, -0.1) is 0 Å². The molecule has 1 atom stereocenters. The Balaban J connectivity index is 2.26. The van der Waals surface area contributed by atoms with E-state index in [1.807, 2.05) is 0 Å². The number of aromatic nitrogens is 4. The lowest BCUT2D eigenvalue weighted by Crippen LogP contribution is -2.27. The van der Waals surface area contributed by atoms with Gasteiger partial charge in [-0.3, -0.25) is 4.79 Å². The van der Waals surface area contributed by atoms with Crippen LogP contribution in [-0.2, 0) is 4.79 Å². The Morgan fingerprint density at radius 1 is 1.61 bits per heavy atom. The van der Waals surface area contributed by atoms with E-state index in [4.69, 9.17) is 5.73 Å². The van der Waals surface area contributed by atoms with Crippen molar-refractivity contribution in [1.29, 1.82) is 0 Å². The molecule has 1 unspecified atom stereocenters. The molecule has 0 aliphatic rings. The van der Waals surface area contributed by atoms with E-state index in [2.05, 4.69) is 20.4 Å². The zero-order valence-corrected chi connectivity index (χ0v) is 9.95. The number of amides is 1. The smallest absolute Gasteiger partial charge is 0.228 e. The topological polar surface area (TPSA) is 98.7 Å². The van der Waals surface area contributed by atoms with E-state index < -0.39 is 0 Å². The number of nitrogens with one attached hydrogen (secondary N) is 1. The molecule has 2 aromatic heterocycles. The van der Waals surface area contributed by atoms with Crippen LogP contribution < -0.4 is 11.1 Å². The Morgan fingerprint density at radius 2 is 2.44 bits per heavy atom. The minimum Gasteiger partial charge on any atom is -0.330 e. The van der Waals surface area contributed by atoms with Crippen LogP contribution >= 0.6 is 0 Å². The molecule has 0 bridgehead atoms. The fourth-order valence-corrected chi connectivity index (χ4v) is 1.36. The number of hydrogen-bond acceptors (Lipinski definition) is 5. The summed E-state index contributed by atoms with van der Waals surface area (Å²) in [6.45, 7) is 2.06. The number of nitrogens with two attached hydrogens (primary N) is 1. The molecule has 7 nitrogen and oxygen atoms in total. The summed E-state index contributed by atoms with van der Waals surface area (Å²) >= 11 is 0. The predicted octanol–water partition coefficient (Wildman–Crippen LogP) is 0.196. The second kappa shape index (κ2) is 5.37. The highest BCUT2D eigenvalue weighted by molar-refractivity contribution is 5.93. The van der Waals surface area contributed by atoms with Crippen molar-refractivity contribution < 1.29 is 4.79 Å². The van der Waals surface area contributed by atoms with Crippen LogP contribution in [-0.4, -0.2) is 32.2 Å². The lowest BCUT2D eigenvalue weighted by atomic mass is 10.1. The van der Waals surface area contributed by atoms with Crippen molar-refractivity contribution in [2.24, 2.45) is 11.7 Å². The second-order valence-electron chi connectivity index (χ2n) is 3.84. The summed E-state index contributed by atoms with van der Waals surface area (Å²) in [7, 11) is 0. The van der Waals surface area contributed by atoms with Gasteiger partial charge in [-0.1, -0.05) is 6.92 Å². The molecule has 7 heteroatoms. The molecule has 0 radical (unpaired) electrons. The summed E-state index contributed by atoms with van der Waals surface area (Å²) in [5.41, 5.74) is 6.03. The maximum absolute atomic E-state index is 11.8. The van der Waals surface area contributed by atoms with Gasteiger partial charge in [0.25, 0.3) is 0 Å². The summed E-state index contributed by atoms with van der Waals surface area (Å²) in [4.78, 5) is 19.8. The quantitative estimate of drug-likeness (QED) is 0.802. The third-order valence-corrected chi connectivity index (χ3v) is 2.48. The van der Waals surface area contributed by atoms with E-state index >= 15 is 0 Å². The van der Waals surface area contributed by atoms with Crippen molar-refractivity contribution in [2.75, 3.05) is 11.9 Å². The molecule has 2 aromatic rings. The number of pyridine rings is 1. The second-order valence-corrected chi connectivity index (χ2v) is 3.84. The molecular formula is C11H14N6O. The maximum Gasteiger partial charge on any atom is 0.228 e. The van der Waals surface area contributed by atoms with E-state index in [1.165, 1.54) is 17.3 Å². The summed E-state index contributed by atoms with van der Waals surface area (Å²) in [5, 5.41) is 6.77. The van der Waals surface area contributed by atoms with Crippen molar-refractivity contribution in [3.05, 3.63) is 31.0 Å². The first-order valence-electron chi connectivity index (χ1n) is 5.53. The average Bonchev–Trinajstić information content (AvgIpc) is 2.92. The minimum absolute atomic E-state index is 0.146. The molecule has 0 aromatic carbocycles. The highest BCUT2D eigenvalue weighted by Crippen LogP contribution is 2.16. The van der Waals surface area contributed by atoms with Gasteiger partial charge in [0.05, 0.1) is 5.69 Å². The summed E-state index contributed by atoms with van der Waals surface area (Å²) in [5.74, 6) is 0.119. The molecule has 0 saturated carbocycles. The van der Waals surface area contributed by atoms with Gasteiger partial charge in [-0.05, 0) is 12.1 Å². The zero-order chi connectivity index (χ0) is 13.0. The number of hydrogen-bond donors (Lipinski definition) is 2. The van der Waals surface area contributed by atoms with Gasteiger partial charge in [0, 0.05) is 18.7 Å². The van der Waals surface area contributed by atoms with Crippen LogP contribution in [0.3, 0.4) is 0 Å². The molecule has 0 aliphatic heterocycles. The third kappa shape index (κ3) is 2.51. The van der Waals surface area contributed by atoms with Crippen LogP contribution in [0.4, 0.5) is 5.69 Å². The molecule has 3 N–H and O–H groups in total. The Kier molecular flexibility index (Phi) is 3.63. The summed E-state index contributed by atoms with van der Waals surface area (Å²) in [6, 6.07) is 3.49. The van der Waals surface area contributed by atoms with Crippen molar-refractivity contribution in [1.82, 2.24) is 19.7 Å². The minimum atomic E-state index is -0.256. The normalized spacial score (nSPS) is 12.1.